The second-order valence-electron chi connectivity index (χ2n) is 3.90. The fraction of sp³-hybridized carbons (Fsp3) is 0.133. The molecule has 0 fully saturated rings. The van der Waals surface area contributed by atoms with Gasteiger partial charge in [-0.15, -0.1) is 0 Å². The largest absolute Gasteiger partial charge is 0.497 e. The molecule has 2 rings (SSSR count). The van der Waals surface area contributed by atoms with Gasteiger partial charge in [-0.3, -0.25) is 0 Å². The van der Waals surface area contributed by atoms with Gasteiger partial charge in [0, 0.05) is 10.6 Å². The van der Waals surface area contributed by atoms with E-state index in [4.69, 9.17) is 21.1 Å². The first-order chi connectivity index (χ1) is 9.20. The zero-order valence-electron chi connectivity index (χ0n) is 10.4. The molecule has 0 unspecified atom stereocenters. The number of benzene rings is 2. The van der Waals surface area contributed by atoms with Crippen LogP contribution in [0.1, 0.15) is 15.9 Å². The first kappa shape index (κ1) is 13.4. The Balaban J connectivity index is 2.03. The number of carbonyl (C=O) groups excluding carboxylic acids is 1. The van der Waals surface area contributed by atoms with Gasteiger partial charge in [-0.1, -0.05) is 35.9 Å². The van der Waals surface area contributed by atoms with Crippen molar-refractivity contribution in [2.24, 2.45) is 0 Å². The van der Waals surface area contributed by atoms with Crippen LogP contribution in [0.4, 0.5) is 0 Å². The van der Waals surface area contributed by atoms with Crippen LogP contribution in [0.2, 0.25) is 5.02 Å². The first-order valence-electron chi connectivity index (χ1n) is 5.75. The molecule has 19 heavy (non-hydrogen) atoms. The van der Waals surface area contributed by atoms with Gasteiger partial charge in [0.2, 0.25) is 0 Å². The molecule has 4 heteroatoms. The molecule has 0 spiro atoms. The molecular formula is C15H13ClO3. The summed E-state index contributed by atoms with van der Waals surface area (Å²) in [6, 6.07) is 14.1. The molecule has 3 nitrogen and oxygen atoms in total. The normalized spacial score (nSPS) is 10.0. The van der Waals surface area contributed by atoms with Gasteiger partial charge >= 0.3 is 5.97 Å². The maximum atomic E-state index is 11.9. The maximum absolute atomic E-state index is 11.9. The Morgan fingerprint density at radius 1 is 1.16 bits per heavy atom. The minimum Gasteiger partial charge on any atom is -0.497 e. The van der Waals surface area contributed by atoms with Crippen LogP contribution in [-0.2, 0) is 11.3 Å². The van der Waals surface area contributed by atoms with Gasteiger partial charge in [-0.05, 0) is 24.3 Å². The van der Waals surface area contributed by atoms with Crippen molar-refractivity contribution in [3.05, 3.63) is 64.7 Å². The molecule has 0 aliphatic heterocycles. The van der Waals surface area contributed by atoms with E-state index in [2.05, 4.69) is 0 Å². The zero-order chi connectivity index (χ0) is 13.7. The van der Waals surface area contributed by atoms with Gasteiger partial charge in [-0.25, -0.2) is 4.79 Å². The van der Waals surface area contributed by atoms with Crippen LogP contribution in [0, 0.1) is 0 Å². The van der Waals surface area contributed by atoms with Crippen LogP contribution in [0.3, 0.4) is 0 Å². The minimum absolute atomic E-state index is 0.149. The summed E-state index contributed by atoms with van der Waals surface area (Å²) in [5.74, 6) is 0.214. The lowest BCUT2D eigenvalue weighted by atomic mass is 10.2. The lowest BCUT2D eigenvalue weighted by Gasteiger charge is -2.07. The predicted molar refractivity (Wildman–Crippen MR) is 73.6 cm³/mol. The number of halogens is 1. The highest BCUT2D eigenvalue weighted by Crippen LogP contribution is 2.18. The minimum atomic E-state index is -0.404. The van der Waals surface area contributed by atoms with Gasteiger partial charge in [0.25, 0.3) is 0 Å². The first-order valence-corrected chi connectivity index (χ1v) is 6.13. The highest BCUT2D eigenvalue weighted by atomic mass is 35.5. The summed E-state index contributed by atoms with van der Waals surface area (Å²) in [6.45, 7) is 0.149. The molecule has 0 aromatic heterocycles. The number of carbonyl (C=O) groups is 1. The van der Waals surface area contributed by atoms with Crippen LogP contribution in [0.25, 0.3) is 0 Å². The Hall–Kier alpha value is -2.00. The fourth-order valence-electron chi connectivity index (χ4n) is 1.59. The Kier molecular flexibility index (Phi) is 4.42. The van der Waals surface area contributed by atoms with E-state index < -0.39 is 5.97 Å². The average Bonchev–Trinajstić information content (AvgIpc) is 2.46. The van der Waals surface area contributed by atoms with Crippen LogP contribution in [0.15, 0.2) is 48.5 Å². The number of esters is 1. The van der Waals surface area contributed by atoms with Crippen molar-refractivity contribution in [3.8, 4) is 5.75 Å². The van der Waals surface area contributed by atoms with Crippen LogP contribution in [0.5, 0.6) is 5.75 Å². The van der Waals surface area contributed by atoms with Crippen molar-refractivity contribution in [1.29, 1.82) is 0 Å². The predicted octanol–water partition coefficient (Wildman–Crippen LogP) is 3.71. The maximum Gasteiger partial charge on any atom is 0.338 e. The van der Waals surface area contributed by atoms with Crippen LogP contribution >= 0.6 is 11.6 Å². The van der Waals surface area contributed by atoms with Crippen molar-refractivity contribution in [3.63, 3.8) is 0 Å². The molecule has 0 saturated heterocycles. The number of hydrogen-bond acceptors (Lipinski definition) is 3. The van der Waals surface area contributed by atoms with Crippen molar-refractivity contribution >= 4 is 17.6 Å². The van der Waals surface area contributed by atoms with E-state index in [1.165, 1.54) is 0 Å². The SMILES string of the molecule is COc1cccc(C(=O)OCc2ccccc2Cl)c1. The second kappa shape index (κ2) is 6.25. The Labute approximate surface area is 116 Å². The topological polar surface area (TPSA) is 35.5 Å². The van der Waals surface area contributed by atoms with Crippen LogP contribution in [-0.4, -0.2) is 13.1 Å². The second-order valence-corrected chi connectivity index (χ2v) is 4.31. The van der Waals surface area contributed by atoms with Gasteiger partial charge in [0.15, 0.2) is 0 Å². The number of methoxy groups -OCH3 is 1. The summed E-state index contributed by atoms with van der Waals surface area (Å²) in [4.78, 5) is 11.9. The van der Waals surface area contributed by atoms with Gasteiger partial charge < -0.3 is 9.47 Å². The van der Waals surface area contributed by atoms with E-state index >= 15 is 0 Å². The summed E-state index contributed by atoms with van der Waals surface area (Å²) in [5, 5.41) is 0.584. The summed E-state index contributed by atoms with van der Waals surface area (Å²) < 4.78 is 10.3. The van der Waals surface area contributed by atoms with Crippen molar-refractivity contribution in [1.82, 2.24) is 0 Å². The Bertz CT molecular complexity index is 581. The molecule has 0 N–H and O–H groups in total. The third kappa shape index (κ3) is 3.48. The molecule has 0 aliphatic rings. The molecule has 0 amide bonds. The molecule has 0 bridgehead atoms. The highest BCUT2D eigenvalue weighted by Gasteiger charge is 2.09. The molecule has 0 aliphatic carbocycles. The number of rotatable bonds is 4. The fourth-order valence-corrected chi connectivity index (χ4v) is 1.78. The van der Waals surface area contributed by atoms with E-state index in [0.29, 0.717) is 16.3 Å². The van der Waals surface area contributed by atoms with E-state index in [-0.39, 0.29) is 6.61 Å². The molecule has 98 valence electrons. The standard InChI is InChI=1S/C15H13ClO3/c1-18-13-7-4-6-11(9-13)15(17)19-10-12-5-2-3-8-14(12)16/h2-9H,10H2,1H3. The van der Waals surface area contributed by atoms with E-state index in [1.807, 2.05) is 18.2 Å². The van der Waals surface area contributed by atoms with E-state index in [0.717, 1.165) is 5.56 Å². The van der Waals surface area contributed by atoms with Gasteiger partial charge in [0.1, 0.15) is 12.4 Å². The third-order valence-electron chi connectivity index (χ3n) is 2.62. The number of ether oxygens (including phenoxy) is 2. The van der Waals surface area contributed by atoms with Crippen molar-refractivity contribution in [2.45, 2.75) is 6.61 Å². The molecule has 0 radical (unpaired) electrons. The zero-order valence-corrected chi connectivity index (χ0v) is 11.2. The van der Waals surface area contributed by atoms with E-state index in [9.17, 15) is 4.79 Å². The van der Waals surface area contributed by atoms with E-state index in [1.54, 1.807) is 37.4 Å². The van der Waals surface area contributed by atoms with Crippen LogP contribution < -0.4 is 4.74 Å². The smallest absolute Gasteiger partial charge is 0.338 e. The summed E-state index contributed by atoms with van der Waals surface area (Å²) >= 11 is 5.99. The molecule has 0 atom stereocenters. The Morgan fingerprint density at radius 2 is 1.95 bits per heavy atom. The third-order valence-corrected chi connectivity index (χ3v) is 2.99. The lowest BCUT2D eigenvalue weighted by Crippen LogP contribution is -2.05. The summed E-state index contributed by atoms with van der Waals surface area (Å²) in [5.41, 5.74) is 1.23. The van der Waals surface area contributed by atoms with Crippen molar-refractivity contribution in [2.75, 3.05) is 7.11 Å². The lowest BCUT2D eigenvalue weighted by molar-refractivity contribution is 0.0472. The molecule has 2 aromatic carbocycles. The number of hydrogen-bond donors (Lipinski definition) is 0. The molecule has 0 heterocycles. The highest BCUT2D eigenvalue weighted by molar-refractivity contribution is 6.31. The molecule has 2 aromatic rings. The quantitative estimate of drug-likeness (QED) is 0.799. The molecule has 0 saturated carbocycles. The monoisotopic (exact) mass is 276 g/mol. The van der Waals surface area contributed by atoms with Gasteiger partial charge in [-0.2, -0.15) is 0 Å². The van der Waals surface area contributed by atoms with Crippen molar-refractivity contribution < 1.29 is 14.3 Å². The van der Waals surface area contributed by atoms with Gasteiger partial charge in [0.05, 0.1) is 12.7 Å². The molecular weight excluding hydrogens is 264 g/mol. The summed E-state index contributed by atoms with van der Waals surface area (Å²) in [7, 11) is 1.55. The Morgan fingerprint density at radius 3 is 2.68 bits per heavy atom. The average molecular weight is 277 g/mol. The summed E-state index contributed by atoms with van der Waals surface area (Å²) in [6.07, 6.45) is 0.